The van der Waals surface area contributed by atoms with Crippen molar-refractivity contribution in [1.29, 1.82) is 5.26 Å². The van der Waals surface area contributed by atoms with E-state index in [0.717, 1.165) is 12.1 Å². The minimum atomic E-state index is 0.709. The van der Waals surface area contributed by atoms with Crippen LogP contribution in [0.2, 0.25) is 0 Å². The van der Waals surface area contributed by atoms with Crippen molar-refractivity contribution < 1.29 is 0 Å². The van der Waals surface area contributed by atoms with Gasteiger partial charge in [-0.25, -0.2) is 0 Å². The summed E-state index contributed by atoms with van der Waals surface area (Å²) < 4.78 is 2.39. The lowest BCUT2D eigenvalue weighted by atomic mass is 9.95. The van der Waals surface area contributed by atoms with E-state index in [1.807, 2.05) is 12.1 Å². The summed E-state index contributed by atoms with van der Waals surface area (Å²) in [6.07, 6.45) is 0.919. The highest BCUT2D eigenvalue weighted by Crippen LogP contribution is 2.41. The van der Waals surface area contributed by atoms with Crippen molar-refractivity contribution in [3.63, 3.8) is 0 Å². The van der Waals surface area contributed by atoms with E-state index >= 15 is 0 Å². The second-order valence-corrected chi connectivity index (χ2v) is 10.5. The predicted octanol–water partition coefficient (Wildman–Crippen LogP) is 9.56. The van der Waals surface area contributed by atoms with Gasteiger partial charge in [-0.2, -0.15) is 5.26 Å². The zero-order valence-corrected chi connectivity index (χ0v) is 21.8. The van der Waals surface area contributed by atoms with Crippen LogP contribution in [0.4, 0.5) is 0 Å². The third-order valence-corrected chi connectivity index (χ3v) is 8.24. The molecule has 1 aliphatic rings. The lowest BCUT2D eigenvalue weighted by Crippen LogP contribution is -1.95. The maximum Gasteiger partial charge on any atom is 0.0991 e. The summed E-state index contributed by atoms with van der Waals surface area (Å²) in [4.78, 5) is 0. The molecule has 8 rings (SSSR count). The molecule has 1 aromatic heterocycles. The monoisotopic (exact) mass is 508 g/mol. The molecule has 40 heavy (non-hydrogen) atoms. The molecule has 2 heteroatoms. The fourth-order valence-corrected chi connectivity index (χ4v) is 6.38. The van der Waals surface area contributed by atoms with Crippen LogP contribution >= 0.6 is 0 Å². The summed E-state index contributed by atoms with van der Waals surface area (Å²) in [5.74, 6) is 0. The topological polar surface area (TPSA) is 28.7 Å². The molecule has 0 amide bonds. The number of aromatic nitrogens is 1. The standard InChI is InChI=1S/C38H24N2/c39-24-25-16-17-29-22-30-19-18-27(23-36(30)35(29)20-25)26-8-6-9-28(21-26)32-13-7-14-34-33-12-4-5-15-37(33)40(38(32)34)31-10-2-1-3-11-31/h1-21,23H,22H2. The van der Waals surface area contributed by atoms with E-state index in [4.69, 9.17) is 0 Å². The Morgan fingerprint density at radius 1 is 0.525 bits per heavy atom. The SMILES string of the molecule is N#Cc1ccc2c(c1)-c1cc(-c3cccc(-c4cccc5c6ccccc6n(-c6ccccc6)c45)c3)ccc1C2. The van der Waals surface area contributed by atoms with Crippen LogP contribution in [0.1, 0.15) is 16.7 Å². The first kappa shape index (κ1) is 22.6. The van der Waals surface area contributed by atoms with Gasteiger partial charge in [0, 0.05) is 22.0 Å². The highest BCUT2D eigenvalue weighted by atomic mass is 15.0. The highest BCUT2D eigenvalue weighted by molar-refractivity contribution is 6.13. The number of para-hydroxylation sites is 3. The number of benzene rings is 6. The van der Waals surface area contributed by atoms with Gasteiger partial charge in [0.1, 0.15) is 0 Å². The maximum absolute atomic E-state index is 9.45. The third kappa shape index (κ3) is 3.42. The van der Waals surface area contributed by atoms with Gasteiger partial charge in [-0.05, 0) is 87.8 Å². The van der Waals surface area contributed by atoms with Gasteiger partial charge in [0.05, 0.1) is 22.7 Å². The molecule has 0 saturated carbocycles. The average molecular weight is 509 g/mol. The van der Waals surface area contributed by atoms with Gasteiger partial charge in [-0.1, -0.05) is 91.0 Å². The van der Waals surface area contributed by atoms with Gasteiger partial charge in [0.2, 0.25) is 0 Å². The van der Waals surface area contributed by atoms with Gasteiger partial charge in [-0.3, -0.25) is 0 Å². The van der Waals surface area contributed by atoms with Crippen LogP contribution in [-0.4, -0.2) is 4.57 Å². The zero-order valence-electron chi connectivity index (χ0n) is 21.8. The molecule has 0 atom stereocenters. The van der Waals surface area contributed by atoms with E-state index in [9.17, 15) is 5.26 Å². The number of hydrogen-bond donors (Lipinski definition) is 0. The number of nitrogens with zero attached hydrogens (tertiary/aromatic N) is 2. The minimum Gasteiger partial charge on any atom is -0.309 e. The Morgan fingerprint density at radius 3 is 2.10 bits per heavy atom. The molecule has 0 radical (unpaired) electrons. The van der Waals surface area contributed by atoms with Gasteiger partial charge < -0.3 is 4.57 Å². The van der Waals surface area contributed by atoms with Crippen molar-refractivity contribution in [3.8, 4) is 45.1 Å². The zero-order chi connectivity index (χ0) is 26.6. The number of hydrogen-bond acceptors (Lipinski definition) is 1. The van der Waals surface area contributed by atoms with Crippen molar-refractivity contribution in [2.24, 2.45) is 0 Å². The maximum atomic E-state index is 9.45. The molecule has 1 aliphatic carbocycles. The normalized spacial score (nSPS) is 11.9. The molecular formula is C38H24N2. The lowest BCUT2D eigenvalue weighted by Gasteiger charge is -2.13. The quantitative estimate of drug-likeness (QED) is 0.234. The fourth-order valence-electron chi connectivity index (χ4n) is 6.38. The Kier molecular flexibility index (Phi) is 4.99. The molecule has 0 fully saturated rings. The summed E-state index contributed by atoms with van der Waals surface area (Å²) in [5, 5.41) is 12.0. The summed E-state index contributed by atoms with van der Waals surface area (Å²) in [5.41, 5.74) is 14.1. The van der Waals surface area contributed by atoms with E-state index in [2.05, 4.69) is 132 Å². The Hall–Kier alpha value is -5.39. The second-order valence-electron chi connectivity index (χ2n) is 10.5. The van der Waals surface area contributed by atoms with Gasteiger partial charge in [-0.15, -0.1) is 0 Å². The van der Waals surface area contributed by atoms with E-state index in [1.165, 1.54) is 66.3 Å². The van der Waals surface area contributed by atoms with E-state index in [1.54, 1.807) is 0 Å². The lowest BCUT2D eigenvalue weighted by molar-refractivity contribution is 1.18. The first-order valence-electron chi connectivity index (χ1n) is 13.6. The van der Waals surface area contributed by atoms with Crippen LogP contribution in [0, 0.1) is 11.3 Å². The molecule has 0 bridgehead atoms. The molecular weight excluding hydrogens is 484 g/mol. The van der Waals surface area contributed by atoms with Gasteiger partial charge in [0.25, 0.3) is 0 Å². The highest BCUT2D eigenvalue weighted by Gasteiger charge is 2.20. The Balaban J connectivity index is 1.31. The van der Waals surface area contributed by atoms with Crippen LogP contribution in [0.3, 0.4) is 0 Å². The summed E-state index contributed by atoms with van der Waals surface area (Å²) in [6, 6.07) is 49.9. The Labute approximate surface area is 233 Å². The molecule has 0 saturated heterocycles. The van der Waals surface area contributed by atoms with Crippen LogP contribution < -0.4 is 0 Å². The van der Waals surface area contributed by atoms with Crippen LogP contribution in [-0.2, 0) is 6.42 Å². The molecule has 6 aromatic carbocycles. The van der Waals surface area contributed by atoms with Crippen molar-refractivity contribution in [2.75, 3.05) is 0 Å². The molecule has 7 aromatic rings. The first-order chi connectivity index (χ1) is 19.8. The predicted molar refractivity (Wildman–Crippen MR) is 165 cm³/mol. The molecule has 0 spiro atoms. The molecule has 2 nitrogen and oxygen atoms in total. The first-order valence-corrected chi connectivity index (χ1v) is 13.6. The van der Waals surface area contributed by atoms with Gasteiger partial charge >= 0.3 is 0 Å². The van der Waals surface area contributed by atoms with Gasteiger partial charge in [0.15, 0.2) is 0 Å². The Morgan fingerprint density at radius 2 is 1.23 bits per heavy atom. The largest absolute Gasteiger partial charge is 0.309 e. The molecule has 0 N–H and O–H groups in total. The van der Waals surface area contributed by atoms with Crippen molar-refractivity contribution in [1.82, 2.24) is 4.57 Å². The smallest absolute Gasteiger partial charge is 0.0991 e. The molecule has 1 heterocycles. The van der Waals surface area contributed by atoms with E-state index < -0.39 is 0 Å². The Bertz CT molecular complexity index is 2140. The number of nitriles is 1. The van der Waals surface area contributed by atoms with E-state index in [-0.39, 0.29) is 0 Å². The third-order valence-electron chi connectivity index (χ3n) is 8.24. The van der Waals surface area contributed by atoms with Crippen molar-refractivity contribution >= 4 is 21.8 Å². The summed E-state index contributed by atoms with van der Waals surface area (Å²) >= 11 is 0. The van der Waals surface area contributed by atoms with Crippen molar-refractivity contribution in [3.05, 3.63) is 150 Å². The molecule has 0 aliphatic heterocycles. The van der Waals surface area contributed by atoms with Crippen LogP contribution in [0.15, 0.2) is 133 Å². The van der Waals surface area contributed by atoms with Crippen molar-refractivity contribution in [2.45, 2.75) is 6.42 Å². The molecule has 0 unspecified atom stereocenters. The summed E-state index contributed by atoms with van der Waals surface area (Å²) in [6.45, 7) is 0. The minimum absolute atomic E-state index is 0.709. The number of fused-ring (bicyclic) bond motifs is 6. The second kappa shape index (κ2) is 8.83. The fraction of sp³-hybridized carbons (Fsp3) is 0.0263. The average Bonchev–Trinajstić information content (AvgIpc) is 3.56. The van der Waals surface area contributed by atoms with E-state index in [0.29, 0.717) is 5.56 Å². The van der Waals surface area contributed by atoms with Crippen LogP contribution in [0.5, 0.6) is 0 Å². The molecule has 186 valence electrons. The van der Waals surface area contributed by atoms with Crippen LogP contribution in [0.25, 0.3) is 60.9 Å². The number of rotatable bonds is 3. The summed E-state index contributed by atoms with van der Waals surface area (Å²) in [7, 11) is 0.